The van der Waals surface area contributed by atoms with E-state index in [1.165, 1.54) is 12.1 Å². The molecule has 0 amide bonds. The van der Waals surface area contributed by atoms with Gasteiger partial charge < -0.3 is 30.4 Å². The smallest absolute Gasteiger partial charge is 0.144 e. The van der Waals surface area contributed by atoms with Gasteiger partial charge in [0.05, 0.1) is 34.9 Å². The average Bonchev–Trinajstić information content (AvgIpc) is 2.62. The van der Waals surface area contributed by atoms with Gasteiger partial charge in [0, 0.05) is 11.8 Å². The summed E-state index contributed by atoms with van der Waals surface area (Å²) in [5, 5.41) is 0. The normalized spacial score (nSPS) is 11.7. The highest BCUT2D eigenvalue weighted by molar-refractivity contribution is 5.59. The summed E-state index contributed by atoms with van der Waals surface area (Å²) in [4.78, 5) is 0. The van der Waals surface area contributed by atoms with Gasteiger partial charge in [0.2, 0.25) is 0 Å². The van der Waals surface area contributed by atoms with Gasteiger partial charge in [-0.15, -0.1) is 0 Å². The average molecular weight is 334 g/mol. The van der Waals surface area contributed by atoms with Crippen molar-refractivity contribution in [3.8, 4) is 11.5 Å². The lowest BCUT2D eigenvalue weighted by Crippen LogP contribution is -2.13. The Morgan fingerprint density at radius 3 is 2.33 bits per heavy atom. The van der Waals surface area contributed by atoms with Crippen LogP contribution in [0.2, 0.25) is 0 Å². The van der Waals surface area contributed by atoms with Crippen LogP contribution in [0.4, 0.5) is 11.4 Å². The first kappa shape index (κ1) is 15.1. The molecule has 4 N–H and O–H groups in total. The Morgan fingerprint density at radius 1 is 0.833 bits per heavy atom. The molecule has 0 atom stereocenters. The van der Waals surface area contributed by atoms with Crippen molar-refractivity contribution in [1.82, 2.24) is 0 Å². The summed E-state index contributed by atoms with van der Waals surface area (Å²) in [5.41, 5.74) is 12.6. The van der Waals surface area contributed by atoms with E-state index in [0.717, 1.165) is 0 Å². The Labute approximate surface area is 145 Å². The Balaban J connectivity index is 1.48. The zero-order valence-corrected chi connectivity index (χ0v) is 13.5. The molecule has 2 rings (SSSR count). The Bertz CT molecular complexity index is 641. The molecule has 0 aromatic heterocycles. The van der Waals surface area contributed by atoms with E-state index in [4.69, 9.17) is 33.2 Å². The van der Waals surface area contributed by atoms with Gasteiger partial charge in [-0.3, -0.25) is 0 Å². The third-order valence-corrected chi connectivity index (χ3v) is 3.00. The van der Waals surface area contributed by atoms with Crippen LogP contribution in [0.1, 0.15) is 2.74 Å². The summed E-state index contributed by atoms with van der Waals surface area (Å²) >= 11 is 0. The van der Waals surface area contributed by atoms with Crippen molar-refractivity contribution in [2.75, 3.05) is 51.1 Å². The molecular formula is C18H24N2O4. The molecule has 24 heavy (non-hydrogen) atoms. The largest absolute Gasteiger partial charge is 0.491 e. The van der Waals surface area contributed by atoms with E-state index in [0.29, 0.717) is 68.6 Å². The number of ether oxygens (including phenoxy) is 4. The highest BCUT2D eigenvalue weighted by atomic mass is 16.6. The van der Waals surface area contributed by atoms with Crippen LogP contribution in [0, 0.1) is 0 Å². The zero-order chi connectivity index (χ0) is 18.8. The van der Waals surface area contributed by atoms with Crippen LogP contribution in [0.3, 0.4) is 0 Å². The van der Waals surface area contributed by atoms with E-state index < -0.39 is 0 Å². The molecule has 0 aliphatic carbocycles. The van der Waals surface area contributed by atoms with Crippen LogP contribution >= 0.6 is 0 Å². The third-order valence-electron chi connectivity index (χ3n) is 3.00. The second kappa shape index (κ2) is 10.4. The number of anilines is 2. The molecule has 0 unspecified atom stereocenters. The van der Waals surface area contributed by atoms with Crippen LogP contribution in [0.15, 0.2) is 48.5 Å². The Morgan fingerprint density at radius 2 is 1.54 bits per heavy atom. The summed E-state index contributed by atoms with van der Waals surface area (Å²) in [6.45, 7) is 2.32. The predicted molar refractivity (Wildman–Crippen MR) is 94.3 cm³/mol. The van der Waals surface area contributed by atoms with Gasteiger partial charge in [-0.2, -0.15) is 0 Å². The van der Waals surface area contributed by atoms with E-state index in [9.17, 15) is 0 Å². The third kappa shape index (κ3) is 6.76. The molecule has 130 valence electrons. The number of nitrogen functional groups attached to an aromatic ring is 2. The van der Waals surface area contributed by atoms with E-state index in [1.807, 2.05) is 0 Å². The molecule has 0 saturated heterocycles. The second-order valence-corrected chi connectivity index (χ2v) is 4.87. The molecule has 6 nitrogen and oxygen atoms in total. The second-order valence-electron chi connectivity index (χ2n) is 4.87. The van der Waals surface area contributed by atoms with Gasteiger partial charge in [-0.05, 0) is 24.2 Å². The van der Waals surface area contributed by atoms with Crippen molar-refractivity contribution in [3.63, 3.8) is 0 Å². The van der Waals surface area contributed by atoms with E-state index >= 15 is 0 Å². The number of nitrogens with two attached hydrogens (primary N) is 2. The summed E-state index contributed by atoms with van der Waals surface area (Å²) < 4.78 is 36.9. The highest BCUT2D eigenvalue weighted by Crippen LogP contribution is 2.23. The fourth-order valence-corrected chi connectivity index (χ4v) is 1.84. The van der Waals surface area contributed by atoms with Crippen molar-refractivity contribution in [1.29, 1.82) is 0 Å². The quantitative estimate of drug-likeness (QED) is 0.484. The molecule has 0 aliphatic heterocycles. The molecule has 0 heterocycles. The van der Waals surface area contributed by atoms with Crippen molar-refractivity contribution in [2.24, 2.45) is 0 Å². The van der Waals surface area contributed by atoms with Crippen molar-refractivity contribution in [2.45, 2.75) is 0 Å². The molecule has 2 aromatic rings. The maximum atomic E-state index is 7.67. The first-order valence-corrected chi connectivity index (χ1v) is 7.69. The summed E-state index contributed by atoms with van der Waals surface area (Å²) in [6.07, 6.45) is 0. The van der Waals surface area contributed by atoms with Gasteiger partial charge in [0.15, 0.2) is 0 Å². The summed E-state index contributed by atoms with van der Waals surface area (Å²) in [7, 11) is 0. The van der Waals surface area contributed by atoms with Gasteiger partial charge in [-0.25, -0.2) is 0 Å². The lowest BCUT2D eigenvalue weighted by atomic mass is 10.2. The fourth-order valence-electron chi connectivity index (χ4n) is 1.84. The van der Waals surface area contributed by atoms with Crippen LogP contribution in [-0.4, -0.2) is 39.6 Å². The van der Waals surface area contributed by atoms with E-state index in [-0.39, 0.29) is 6.04 Å². The Hall–Kier alpha value is -2.44. The number of rotatable bonds is 11. The minimum Gasteiger partial charge on any atom is -0.491 e. The van der Waals surface area contributed by atoms with Crippen molar-refractivity contribution >= 4 is 11.4 Å². The first-order chi connectivity index (χ1) is 12.6. The monoisotopic (exact) mass is 334 g/mol. The number of hydrogen-bond donors (Lipinski definition) is 2. The molecule has 0 aliphatic rings. The standard InChI is InChI=1S/C18H24N2O4/c19-15-6-7-17(20)18(14-15)24-13-11-22-9-8-21-10-12-23-16-4-2-1-3-5-16/h1-7,14H,8-13,19-20H2/i2D,5D. The van der Waals surface area contributed by atoms with Crippen LogP contribution in [0.5, 0.6) is 11.5 Å². The van der Waals surface area contributed by atoms with E-state index in [2.05, 4.69) is 0 Å². The minimum atomic E-state index is 0.255. The maximum absolute atomic E-state index is 7.67. The lowest BCUT2D eigenvalue weighted by molar-refractivity contribution is 0.0274. The van der Waals surface area contributed by atoms with Gasteiger partial charge in [0.25, 0.3) is 0 Å². The maximum Gasteiger partial charge on any atom is 0.144 e. The van der Waals surface area contributed by atoms with Crippen LogP contribution < -0.4 is 20.9 Å². The highest BCUT2D eigenvalue weighted by Gasteiger charge is 2.00. The van der Waals surface area contributed by atoms with Gasteiger partial charge in [0.1, 0.15) is 24.7 Å². The zero-order valence-electron chi connectivity index (χ0n) is 15.5. The fraction of sp³-hybridized carbons (Fsp3) is 0.333. The van der Waals surface area contributed by atoms with Crippen molar-refractivity contribution in [3.05, 3.63) is 48.5 Å². The number of para-hydroxylation sites is 1. The SMILES string of the molecule is [2H]c1ccc([2H])c(OCCOCCOCCOc2cc(N)ccc2N)c1. The van der Waals surface area contributed by atoms with Gasteiger partial charge in [-0.1, -0.05) is 18.2 Å². The number of benzene rings is 2. The van der Waals surface area contributed by atoms with Gasteiger partial charge >= 0.3 is 0 Å². The summed E-state index contributed by atoms with van der Waals surface area (Å²) in [6, 6.07) is 10.3. The Kier molecular flexibility index (Phi) is 6.52. The minimum absolute atomic E-state index is 0.255. The van der Waals surface area contributed by atoms with Crippen LogP contribution in [0.25, 0.3) is 0 Å². The molecule has 0 bridgehead atoms. The summed E-state index contributed by atoms with van der Waals surface area (Å²) in [5.74, 6) is 0.933. The van der Waals surface area contributed by atoms with E-state index in [1.54, 1.807) is 24.3 Å². The lowest BCUT2D eigenvalue weighted by Gasteiger charge is -2.10. The van der Waals surface area contributed by atoms with Crippen LogP contribution in [-0.2, 0) is 9.47 Å². The molecule has 6 heteroatoms. The topological polar surface area (TPSA) is 89.0 Å². The molecular weight excluding hydrogens is 308 g/mol. The molecule has 0 radical (unpaired) electrons. The molecule has 0 spiro atoms. The number of hydrogen-bond acceptors (Lipinski definition) is 6. The predicted octanol–water partition coefficient (Wildman–Crippen LogP) is 2.34. The molecule has 0 saturated carbocycles. The van der Waals surface area contributed by atoms with Crippen molar-refractivity contribution < 1.29 is 21.7 Å². The molecule has 0 fully saturated rings. The first-order valence-electron chi connectivity index (χ1n) is 8.69. The molecule has 2 aromatic carbocycles.